The van der Waals surface area contributed by atoms with E-state index in [1.54, 1.807) is 0 Å². The monoisotopic (exact) mass is 134 g/mol. The lowest BCUT2D eigenvalue weighted by Gasteiger charge is -2.13. The van der Waals surface area contributed by atoms with Gasteiger partial charge in [0.1, 0.15) is 0 Å². The third-order valence-corrected chi connectivity index (χ3v) is 1.34. The van der Waals surface area contributed by atoms with Crippen LogP contribution in [0.3, 0.4) is 0 Å². The molecule has 0 saturated carbocycles. The molecule has 0 aliphatic rings. The Labute approximate surface area is 59.5 Å². The Morgan fingerprint density at radius 1 is 0.875 bits per heavy atom. The molecule has 52 valence electrons. The topological polar surface area (TPSA) is 3.24 Å². The molecule has 0 unspecified atom stereocenters. The Morgan fingerprint density at radius 3 is 1.12 bits per heavy atom. The van der Waals surface area contributed by atoms with Crippen molar-refractivity contribution >= 4 is 13.5 Å². The molecule has 0 atom stereocenters. The van der Waals surface area contributed by atoms with Gasteiger partial charge in [0.2, 0.25) is 0 Å². The first-order chi connectivity index (χ1) is 3.35. The molecule has 0 spiro atoms. The zero-order valence-electron chi connectivity index (χ0n) is 6.02. The molecule has 8 heavy (non-hydrogen) atoms. The van der Waals surface area contributed by atoms with Crippen LogP contribution in [-0.2, 0) is 13.5 Å². The normalized spacial score (nSPS) is 9.00. The standard InChI is InChI=1S/C6H15N.H2S/c1-4-7(5-2)6-3;/h4-6H2,1-3H3;1H2/p-1. The van der Waals surface area contributed by atoms with Gasteiger partial charge in [0.15, 0.2) is 0 Å². The highest BCUT2D eigenvalue weighted by atomic mass is 32.1. The van der Waals surface area contributed by atoms with Gasteiger partial charge in [0.25, 0.3) is 0 Å². The molecule has 0 rings (SSSR count). The predicted octanol–water partition coefficient (Wildman–Crippen LogP) is 1.08. The lowest BCUT2D eigenvalue weighted by molar-refractivity contribution is 0.321. The largest absolute Gasteiger partial charge is 0.813 e. The van der Waals surface area contributed by atoms with Crippen LogP contribution in [0.15, 0.2) is 0 Å². The van der Waals surface area contributed by atoms with Crippen molar-refractivity contribution in [2.45, 2.75) is 20.8 Å². The summed E-state index contributed by atoms with van der Waals surface area (Å²) < 4.78 is 0. The van der Waals surface area contributed by atoms with Gasteiger partial charge in [-0.25, -0.2) is 0 Å². The fraction of sp³-hybridized carbons (Fsp3) is 1.00. The van der Waals surface area contributed by atoms with E-state index < -0.39 is 0 Å². The first kappa shape index (κ1) is 11.2. The van der Waals surface area contributed by atoms with Crippen LogP contribution in [0.25, 0.3) is 0 Å². The number of thiol groups is 1. The summed E-state index contributed by atoms with van der Waals surface area (Å²) in [5.74, 6) is 0. The molecule has 0 aliphatic heterocycles. The smallest absolute Gasteiger partial charge is 0.00474 e. The average Bonchev–Trinajstić information content (AvgIpc) is 1.72. The van der Waals surface area contributed by atoms with Crippen molar-refractivity contribution in [2.24, 2.45) is 0 Å². The minimum Gasteiger partial charge on any atom is -0.813 e. The van der Waals surface area contributed by atoms with Crippen molar-refractivity contribution in [1.82, 2.24) is 4.90 Å². The number of rotatable bonds is 3. The van der Waals surface area contributed by atoms with Gasteiger partial charge in [-0.15, -0.1) is 0 Å². The van der Waals surface area contributed by atoms with Gasteiger partial charge < -0.3 is 18.4 Å². The zero-order chi connectivity index (χ0) is 5.70. The highest BCUT2D eigenvalue weighted by molar-refractivity contribution is 7.37. The zero-order valence-corrected chi connectivity index (χ0v) is 6.91. The molecule has 0 radical (unpaired) electrons. The van der Waals surface area contributed by atoms with E-state index in [0.29, 0.717) is 0 Å². The molecule has 0 aromatic carbocycles. The van der Waals surface area contributed by atoms with E-state index in [2.05, 4.69) is 25.7 Å². The molecule has 0 saturated heterocycles. The molecule has 0 fully saturated rings. The van der Waals surface area contributed by atoms with E-state index in [4.69, 9.17) is 0 Å². The minimum absolute atomic E-state index is 0. The molecule has 0 N–H and O–H groups in total. The van der Waals surface area contributed by atoms with E-state index in [1.165, 1.54) is 19.6 Å². The van der Waals surface area contributed by atoms with Crippen LogP contribution in [-0.4, -0.2) is 24.5 Å². The van der Waals surface area contributed by atoms with E-state index >= 15 is 0 Å². The van der Waals surface area contributed by atoms with Crippen LogP contribution >= 0.6 is 0 Å². The maximum atomic E-state index is 2.38. The second kappa shape index (κ2) is 7.31. The molecule has 0 aromatic rings. The van der Waals surface area contributed by atoms with E-state index in [0.717, 1.165) is 0 Å². The van der Waals surface area contributed by atoms with Crippen molar-refractivity contribution in [3.05, 3.63) is 0 Å². The molecular weight excluding hydrogens is 118 g/mol. The SMILES string of the molecule is CCN(CC)CC.[SH-]. The summed E-state index contributed by atoms with van der Waals surface area (Å²) in [7, 11) is 0. The summed E-state index contributed by atoms with van der Waals surface area (Å²) in [5, 5.41) is 0. The summed E-state index contributed by atoms with van der Waals surface area (Å²) in [6.45, 7) is 10.1. The van der Waals surface area contributed by atoms with Crippen LogP contribution in [0.4, 0.5) is 0 Å². The van der Waals surface area contributed by atoms with Crippen molar-refractivity contribution < 1.29 is 0 Å². The van der Waals surface area contributed by atoms with Crippen LogP contribution in [0.5, 0.6) is 0 Å². The quantitative estimate of drug-likeness (QED) is 0.420. The van der Waals surface area contributed by atoms with Crippen molar-refractivity contribution in [1.29, 1.82) is 0 Å². The van der Waals surface area contributed by atoms with Gasteiger partial charge >= 0.3 is 0 Å². The predicted molar refractivity (Wildman–Crippen MR) is 42.2 cm³/mol. The van der Waals surface area contributed by atoms with Gasteiger partial charge in [-0.3, -0.25) is 0 Å². The Bertz CT molecular complexity index is 30.0. The maximum absolute atomic E-state index is 2.38. The molecule has 2 heteroatoms. The second-order valence-corrected chi connectivity index (χ2v) is 1.62. The fourth-order valence-electron chi connectivity index (χ4n) is 0.671. The van der Waals surface area contributed by atoms with E-state index in [-0.39, 0.29) is 13.5 Å². The third kappa shape index (κ3) is 4.47. The van der Waals surface area contributed by atoms with Crippen molar-refractivity contribution in [3.63, 3.8) is 0 Å². The Kier molecular flexibility index (Phi) is 10.2. The molecule has 0 aromatic heterocycles. The van der Waals surface area contributed by atoms with Crippen molar-refractivity contribution in [2.75, 3.05) is 19.6 Å². The Morgan fingerprint density at radius 2 is 1.12 bits per heavy atom. The highest BCUT2D eigenvalue weighted by Gasteiger charge is 1.89. The molecular formula is C6H16NS-. The summed E-state index contributed by atoms with van der Waals surface area (Å²) in [5.41, 5.74) is 0. The molecule has 0 amide bonds. The van der Waals surface area contributed by atoms with Gasteiger partial charge in [-0.1, -0.05) is 20.8 Å². The van der Waals surface area contributed by atoms with E-state index in [9.17, 15) is 0 Å². The maximum Gasteiger partial charge on any atom is -0.00474 e. The first-order valence-corrected chi connectivity index (χ1v) is 3.07. The summed E-state index contributed by atoms with van der Waals surface area (Å²) >= 11 is 0. The van der Waals surface area contributed by atoms with Crippen LogP contribution in [0, 0.1) is 0 Å². The number of nitrogens with zero attached hydrogens (tertiary/aromatic N) is 1. The first-order valence-electron chi connectivity index (χ1n) is 3.07. The molecule has 0 bridgehead atoms. The summed E-state index contributed by atoms with van der Waals surface area (Å²) in [4.78, 5) is 2.38. The Balaban J connectivity index is 0. The van der Waals surface area contributed by atoms with Gasteiger partial charge in [0, 0.05) is 0 Å². The van der Waals surface area contributed by atoms with Crippen LogP contribution < -0.4 is 0 Å². The second-order valence-electron chi connectivity index (χ2n) is 1.62. The van der Waals surface area contributed by atoms with E-state index in [1.807, 2.05) is 0 Å². The number of hydrogen-bond acceptors (Lipinski definition) is 2. The summed E-state index contributed by atoms with van der Waals surface area (Å²) in [6.07, 6.45) is 0. The summed E-state index contributed by atoms with van der Waals surface area (Å²) in [6, 6.07) is 0. The Hall–Kier alpha value is 0.310. The highest BCUT2D eigenvalue weighted by Crippen LogP contribution is 1.81. The third-order valence-electron chi connectivity index (χ3n) is 1.34. The molecule has 1 nitrogen and oxygen atoms in total. The minimum atomic E-state index is 0. The fourth-order valence-corrected chi connectivity index (χ4v) is 0.671. The molecule has 0 heterocycles. The lowest BCUT2D eigenvalue weighted by Crippen LogP contribution is -2.21. The van der Waals surface area contributed by atoms with Crippen molar-refractivity contribution in [3.8, 4) is 0 Å². The van der Waals surface area contributed by atoms with Gasteiger partial charge in [-0.2, -0.15) is 0 Å². The lowest BCUT2D eigenvalue weighted by atomic mass is 10.5. The average molecular weight is 134 g/mol. The van der Waals surface area contributed by atoms with Crippen LogP contribution in [0.1, 0.15) is 20.8 Å². The number of hydrogen-bond donors (Lipinski definition) is 0. The van der Waals surface area contributed by atoms with Crippen LogP contribution in [0.2, 0.25) is 0 Å². The molecule has 0 aliphatic carbocycles. The van der Waals surface area contributed by atoms with Gasteiger partial charge in [-0.05, 0) is 19.6 Å². The van der Waals surface area contributed by atoms with Gasteiger partial charge in [0.05, 0.1) is 0 Å².